The van der Waals surface area contributed by atoms with Crippen molar-refractivity contribution < 1.29 is 13.6 Å². The molecule has 0 aliphatic carbocycles. The Balaban J connectivity index is 1.60. The first kappa shape index (κ1) is 16.8. The summed E-state index contributed by atoms with van der Waals surface area (Å²) in [7, 11) is 1.95. The topological polar surface area (TPSA) is 37.3 Å². The van der Waals surface area contributed by atoms with Crippen LogP contribution in [0.1, 0.15) is 11.3 Å². The van der Waals surface area contributed by atoms with E-state index in [9.17, 15) is 13.6 Å². The van der Waals surface area contributed by atoms with Crippen LogP contribution in [0.25, 0.3) is 10.9 Å². The number of carbonyl (C=O) groups is 1. The van der Waals surface area contributed by atoms with Gasteiger partial charge in [0.2, 0.25) is 0 Å². The number of halogens is 3. The fraction of sp³-hybridized carbons (Fsp3) is 0.211. The molecule has 2 heterocycles. The Labute approximate surface area is 154 Å². The van der Waals surface area contributed by atoms with E-state index in [0.29, 0.717) is 25.2 Å². The number of amides is 2. The maximum Gasteiger partial charge on any atom is 0.322 e. The standard InChI is InChI=1S/C19H16ClF2N3O/c1-24-17-5-2-11(21)8-13(17)14-10-25(7-6-18(14)24)19(26)23-12-3-4-16(22)15(20)9-12/h2-5,8-9H,6-7,10H2,1H3,(H,23,26). The molecule has 0 saturated heterocycles. The Morgan fingerprint density at radius 3 is 2.77 bits per heavy atom. The molecule has 0 atom stereocenters. The Morgan fingerprint density at radius 2 is 2.00 bits per heavy atom. The molecule has 1 aromatic heterocycles. The molecule has 26 heavy (non-hydrogen) atoms. The van der Waals surface area contributed by atoms with Crippen molar-refractivity contribution in [1.29, 1.82) is 0 Å². The van der Waals surface area contributed by atoms with Crippen molar-refractivity contribution in [3.8, 4) is 0 Å². The maximum absolute atomic E-state index is 13.7. The third-order valence-corrected chi connectivity index (χ3v) is 5.11. The van der Waals surface area contributed by atoms with Crippen LogP contribution in [0.4, 0.5) is 19.3 Å². The number of aromatic nitrogens is 1. The van der Waals surface area contributed by atoms with Crippen LogP contribution in [0.15, 0.2) is 36.4 Å². The van der Waals surface area contributed by atoms with Gasteiger partial charge in [-0.2, -0.15) is 0 Å². The first-order valence-electron chi connectivity index (χ1n) is 8.20. The average Bonchev–Trinajstić information content (AvgIpc) is 2.90. The van der Waals surface area contributed by atoms with Gasteiger partial charge in [-0.3, -0.25) is 0 Å². The van der Waals surface area contributed by atoms with Crippen LogP contribution in [0, 0.1) is 11.6 Å². The Kier molecular flexibility index (Phi) is 4.07. The van der Waals surface area contributed by atoms with Crippen molar-refractivity contribution in [3.63, 3.8) is 0 Å². The summed E-state index contributed by atoms with van der Waals surface area (Å²) in [4.78, 5) is 14.2. The molecule has 1 aliphatic rings. The number of aryl methyl sites for hydroxylation is 1. The summed E-state index contributed by atoms with van der Waals surface area (Å²) < 4.78 is 29.0. The molecule has 0 spiro atoms. The molecule has 0 fully saturated rings. The molecule has 1 N–H and O–H groups in total. The first-order chi connectivity index (χ1) is 12.4. The monoisotopic (exact) mass is 375 g/mol. The molecule has 0 saturated carbocycles. The van der Waals surface area contributed by atoms with Gasteiger partial charge in [0.25, 0.3) is 0 Å². The summed E-state index contributed by atoms with van der Waals surface area (Å²) in [6, 6.07) is 8.45. The van der Waals surface area contributed by atoms with E-state index in [1.165, 1.54) is 30.3 Å². The van der Waals surface area contributed by atoms with Gasteiger partial charge in [-0.05, 0) is 36.4 Å². The second-order valence-corrected chi connectivity index (χ2v) is 6.78. The number of hydrogen-bond acceptors (Lipinski definition) is 1. The van der Waals surface area contributed by atoms with Crippen molar-refractivity contribution in [1.82, 2.24) is 9.47 Å². The number of rotatable bonds is 1. The highest BCUT2D eigenvalue weighted by molar-refractivity contribution is 6.31. The summed E-state index contributed by atoms with van der Waals surface area (Å²) in [6.07, 6.45) is 0.680. The van der Waals surface area contributed by atoms with E-state index in [0.717, 1.165) is 22.2 Å². The van der Waals surface area contributed by atoms with E-state index in [-0.39, 0.29) is 16.9 Å². The lowest BCUT2D eigenvalue weighted by molar-refractivity contribution is 0.206. The van der Waals surface area contributed by atoms with Gasteiger partial charge in [-0.25, -0.2) is 13.6 Å². The minimum Gasteiger partial charge on any atom is -0.347 e. The quantitative estimate of drug-likeness (QED) is 0.657. The second-order valence-electron chi connectivity index (χ2n) is 6.38. The lowest BCUT2D eigenvalue weighted by Gasteiger charge is -2.28. The summed E-state index contributed by atoms with van der Waals surface area (Å²) in [6.45, 7) is 0.928. The molecule has 134 valence electrons. The number of nitrogens with zero attached hydrogens (tertiary/aromatic N) is 2. The van der Waals surface area contributed by atoms with E-state index in [1.54, 1.807) is 11.0 Å². The van der Waals surface area contributed by atoms with Crippen LogP contribution in [0.3, 0.4) is 0 Å². The molecule has 4 rings (SSSR count). The molecule has 0 bridgehead atoms. The molecule has 0 radical (unpaired) electrons. The minimum absolute atomic E-state index is 0.0479. The fourth-order valence-corrected chi connectivity index (χ4v) is 3.68. The van der Waals surface area contributed by atoms with Crippen molar-refractivity contribution in [2.75, 3.05) is 11.9 Å². The van der Waals surface area contributed by atoms with Gasteiger partial charge in [0.05, 0.1) is 5.02 Å². The summed E-state index contributed by atoms with van der Waals surface area (Å²) in [5.41, 5.74) is 3.44. The normalized spacial score (nSPS) is 13.8. The van der Waals surface area contributed by atoms with Gasteiger partial charge < -0.3 is 14.8 Å². The lowest BCUT2D eigenvalue weighted by atomic mass is 10.0. The highest BCUT2D eigenvalue weighted by Crippen LogP contribution is 2.31. The van der Waals surface area contributed by atoms with Gasteiger partial charge in [-0.1, -0.05) is 11.6 Å². The number of benzene rings is 2. The van der Waals surface area contributed by atoms with Gasteiger partial charge in [0.1, 0.15) is 11.6 Å². The molecule has 1 aliphatic heterocycles. The van der Waals surface area contributed by atoms with Crippen LogP contribution in [-0.2, 0) is 20.0 Å². The molecular weight excluding hydrogens is 360 g/mol. The predicted octanol–water partition coefficient (Wildman–Crippen LogP) is 4.70. The Bertz CT molecular complexity index is 1030. The zero-order valence-corrected chi connectivity index (χ0v) is 14.8. The fourth-order valence-electron chi connectivity index (χ4n) is 3.50. The summed E-state index contributed by atoms with van der Waals surface area (Å²) in [5.74, 6) is -0.835. The first-order valence-corrected chi connectivity index (χ1v) is 8.58. The molecule has 2 aromatic carbocycles. The van der Waals surface area contributed by atoms with Crippen molar-refractivity contribution >= 4 is 34.2 Å². The number of hydrogen-bond donors (Lipinski definition) is 1. The lowest BCUT2D eigenvalue weighted by Crippen LogP contribution is -2.39. The number of fused-ring (bicyclic) bond motifs is 3. The zero-order chi connectivity index (χ0) is 18.4. The molecule has 4 nitrogen and oxygen atoms in total. The van der Waals surface area contributed by atoms with Crippen molar-refractivity contribution in [2.45, 2.75) is 13.0 Å². The van der Waals surface area contributed by atoms with Crippen LogP contribution < -0.4 is 5.32 Å². The van der Waals surface area contributed by atoms with E-state index < -0.39 is 5.82 Å². The van der Waals surface area contributed by atoms with E-state index in [2.05, 4.69) is 9.88 Å². The number of carbonyl (C=O) groups excluding carboxylic acids is 1. The number of urea groups is 1. The largest absolute Gasteiger partial charge is 0.347 e. The van der Waals surface area contributed by atoms with Crippen molar-refractivity contribution in [3.05, 3.63) is 64.3 Å². The van der Waals surface area contributed by atoms with Gasteiger partial charge in [0, 0.05) is 54.4 Å². The van der Waals surface area contributed by atoms with Crippen LogP contribution in [0.5, 0.6) is 0 Å². The SMILES string of the molecule is Cn1c2c(c3cc(F)ccc31)CN(C(=O)Nc1ccc(F)c(Cl)c1)CC2. The van der Waals surface area contributed by atoms with Crippen molar-refractivity contribution in [2.24, 2.45) is 7.05 Å². The highest BCUT2D eigenvalue weighted by atomic mass is 35.5. The van der Waals surface area contributed by atoms with Gasteiger partial charge in [0.15, 0.2) is 0 Å². The number of nitrogens with one attached hydrogen (secondary N) is 1. The third kappa shape index (κ3) is 2.80. The van der Waals surface area contributed by atoms with E-state index >= 15 is 0 Å². The number of anilines is 1. The van der Waals surface area contributed by atoms with Gasteiger partial charge >= 0.3 is 6.03 Å². The smallest absolute Gasteiger partial charge is 0.322 e. The van der Waals surface area contributed by atoms with E-state index in [1.807, 2.05) is 7.05 Å². The Hall–Kier alpha value is -2.60. The molecular formula is C19H16ClF2N3O. The van der Waals surface area contributed by atoms with E-state index in [4.69, 9.17) is 11.6 Å². The van der Waals surface area contributed by atoms with Gasteiger partial charge in [-0.15, -0.1) is 0 Å². The second kappa shape index (κ2) is 6.29. The molecule has 3 aromatic rings. The summed E-state index contributed by atoms with van der Waals surface area (Å²) >= 11 is 5.75. The highest BCUT2D eigenvalue weighted by Gasteiger charge is 2.26. The zero-order valence-electron chi connectivity index (χ0n) is 14.0. The summed E-state index contributed by atoms with van der Waals surface area (Å²) in [5, 5.41) is 3.51. The Morgan fingerprint density at radius 1 is 1.19 bits per heavy atom. The minimum atomic E-state index is -0.537. The predicted molar refractivity (Wildman–Crippen MR) is 97.4 cm³/mol. The third-order valence-electron chi connectivity index (χ3n) is 4.82. The van der Waals surface area contributed by atoms with Crippen LogP contribution in [-0.4, -0.2) is 22.0 Å². The maximum atomic E-state index is 13.7. The van der Waals surface area contributed by atoms with Crippen LogP contribution in [0.2, 0.25) is 5.02 Å². The van der Waals surface area contributed by atoms with Crippen LogP contribution >= 0.6 is 11.6 Å². The molecule has 2 amide bonds. The average molecular weight is 376 g/mol. The molecule has 7 heteroatoms. The molecule has 0 unspecified atom stereocenters.